The van der Waals surface area contributed by atoms with Gasteiger partial charge in [-0.3, -0.25) is 9.78 Å². The summed E-state index contributed by atoms with van der Waals surface area (Å²) < 4.78 is 13.5. The van der Waals surface area contributed by atoms with Crippen LogP contribution in [0, 0.1) is 5.92 Å². The van der Waals surface area contributed by atoms with Crippen LogP contribution in [0.3, 0.4) is 0 Å². The minimum Gasteiger partial charge on any atom is -0.392 e. The van der Waals surface area contributed by atoms with Crippen LogP contribution in [0.2, 0.25) is 0 Å². The predicted molar refractivity (Wildman–Crippen MR) is 195 cm³/mol. The number of benzene rings is 4. The Morgan fingerprint density at radius 2 is 1.52 bits per heavy atom. The van der Waals surface area contributed by atoms with Gasteiger partial charge in [-0.15, -0.1) is 0 Å². The molecule has 2 N–H and O–H groups in total. The molecule has 5 aromatic rings. The maximum atomic E-state index is 12.9. The van der Waals surface area contributed by atoms with Crippen molar-refractivity contribution in [1.82, 2.24) is 20.2 Å². The number of carbonyl (C=O) groups is 1. The van der Waals surface area contributed by atoms with Crippen LogP contribution in [-0.2, 0) is 22.6 Å². The largest absolute Gasteiger partial charge is 0.392 e. The van der Waals surface area contributed by atoms with Gasteiger partial charge < -0.3 is 24.8 Å². The molecular weight excluding hydrogens is 624 g/mol. The van der Waals surface area contributed by atoms with Gasteiger partial charge in [0.25, 0.3) is 5.91 Å². The van der Waals surface area contributed by atoms with Gasteiger partial charge in [0.1, 0.15) is 5.69 Å². The van der Waals surface area contributed by atoms with Crippen LogP contribution < -0.4 is 5.32 Å². The molecule has 4 atom stereocenters. The number of para-hydroxylation sites is 2. The fraction of sp³-hybridized carbons (Fsp3) is 0.357. The topological polar surface area (TPSA) is 96.8 Å². The third-order valence-electron chi connectivity index (χ3n) is 10.1. The number of aliphatic hydroxyl groups is 1. The fourth-order valence-corrected chi connectivity index (χ4v) is 7.11. The maximum Gasteiger partial charge on any atom is 0.271 e. The van der Waals surface area contributed by atoms with Gasteiger partial charge in [-0.25, -0.2) is 4.98 Å². The van der Waals surface area contributed by atoms with Crippen LogP contribution in [0.15, 0.2) is 103 Å². The van der Waals surface area contributed by atoms with Gasteiger partial charge in [-0.2, -0.15) is 0 Å². The van der Waals surface area contributed by atoms with Gasteiger partial charge in [-0.1, -0.05) is 105 Å². The number of rotatable bonds is 9. The number of likely N-dealkylation sites (tertiary alicyclic amines) is 1. The highest BCUT2D eigenvalue weighted by molar-refractivity contribution is 5.93. The molecule has 2 saturated heterocycles. The van der Waals surface area contributed by atoms with E-state index in [1.807, 2.05) is 48.5 Å². The first-order valence-electron chi connectivity index (χ1n) is 18.0. The summed E-state index contributed by atoms with van der Waals surface area (Å²) in [5, 5.41) is 12.6. The Hall–Kier alpha value is -4.47. The Balaban J connectivity index is 1.05. The zero-order valence-corrected chi connectivity index (χ0v) is 28.7. The molecule has 4 aromatic carbocycles. The molecule has 0 unspecified atom stereocenters. The van der Waals surface area contributed by atoms with Crippen LogP contribution in [0.4, 0.5) is 0 Å². The SMILES string of the molecule is C[C@H]1[C@@H](CN2CCCCCCC2)O[C@@H](c2ccc(-c3cccc(CNC(=O)c4cnc5ccccc5n4)c3)cc2)O[C@H]1c1ccc(CO)cc1. The maximum absolute atomic E-state index is 12.9. The third kappa shape index (κ3) is 8.11. The molecule has 2 fully saturated rings. The molecule has 2 aliphatic heterocycles. The smallest absolute Gasteiger partial charge is 0.271 e. The van der Waals surface area contributed by atoms with E-state index in [-0.39, 0.29) is 30.6 Å². The van der Waals surface area contributed by atoms with Crippen molar-refractivity contribution in [1.29, 1.82) is 0 Å². The average molecular weight is 671 g/mol. The van der Waals surface area contributed by atoms with Gasteiger partial charge in [0.05, 0.1) is 36.0 Å². The van der Waals surface area contributed by atoms with Crippen LogP contribution in [0.1, 0.15) is 84.2 Å². The number of amides is 1. The lowest BCUT2D eigenvalue weighted by Crippen LogP contribution is -2.45. The molecule has 3 heterocycles. The molecule has 0 aliphatic carbocycles. The van der Waals surface area contributed by atoms with E-state index in [4.69, 9.17) is 9.47 Å². The van der Waals surface area contributed by atoms with E-state index in [1.54, 1.807) is 0 Å². The monoisotopic (exact) mass is 670 g/mol. The second-order valence-electron chi connectivity index (χ2n) is 13.6. The number of carbonyl (C=O) groups excluding carboxylic acids is 1. The highest BCUT2D eigenvalue weighted by Gasteiger charge is 2.39. The zero-order chi connectivity index (χ0) is 34.3. The number of aliphatic hydroxyl groups excluding tert-OH is 1. The summed E-state index contributed by atoms with van der Waals surface area (Å²) in [6.45, 7) is 5.76. The Kier molecular flexibility index (Phi) is 10.9. The van der Waals surface area contributed by atoms with E-state index < -0.39 is 6.29 Å². The summed E-state index contributed by atoms with van der Waals surface area (Å²) in [5.74, 6) is -0.0976. The molecule has 8 heteroatoms. The van der Waals surface area contributed by atoms with E-state index in [1.165, 1.54) is 38.3 Å². The minimum atomic E-state index is -0.498. The number of nitrogens with zero attached hydrogens (tertiary/aromatic N) is 3. The fourth-order valence-electron chi connectivity index (χ4n) is 7.11. The zero-order valence-electron chi connectivity index (χ0n) is 28.7. The standard InChI is InChI=1S/C42H46N4O4/c1-29-39(27-46-22-7-3-2-4-8-23-46)49-42(50-40(29)33-16-14-30(28-47)15-17-33)34-20-18-32(19-21-34)35-11-9-10-31(24-35)25-44-41(48)38-26-43-36-12-5-6-13-37(36)45-38/h5-6,9-21,24,26,29,39-40,42,47H,2-4,7-8,22-23,25,27-28H2,1H3,(H,44,48)/t29-,39+,40+,42+/m0/s1. The number of ether oxygens (including phenoxy) is 2. The van der Waals surface area contributed by atoms with Gasteiger partial charge >= 0.3 is 0 Å². The Bertz CT molecular complexity index is 1870. The summed E-state index contributed by atoms with van der Waals surface area (Å²) >= 11 is 0. The molecule has 7 rings (SSSR count). The lowest BCUT2D eigenvalue weighted by Gasteiger charge is -2.43. The number of fused-ring (bicyclic) bond motifs is 1. The van der Waals surface area contributed by atoms with Gasteiger partial charge in [0, 0.05) is 24.6 Å². The third-order valence-corrected chi connectivity index (χ3v) is 10.1. The first-order valence-corrected chi connectivity index (χ1v) is 18.0. The molecule has 50 heavy (non-hydrogen) atoms. The van der Waals surface area contributed by atoms with Gasteiger partial charge in [0.2, 0.25) is 0 Å². The molecule has 1 aromatic heterocycles. The first-order chi connectivity index (χ1) is 24.5. The number of nitrogens with one attached hydrogen (secondary N) is 1. The summed E-state index contributed by atoms with van der Waals surface area (Å²) in [4.78, 5) is 24.3. The number of aromatic nitrogens is 2. The van der Waals surface area contributed by atoms with Crippen molar-refractivity contribution in [2.24, 2.45) is 5.92 Å². The van der Waals surface area contributed by atoms with Crippen LogP contribution in [0.25, 0.3) is 22.2 Å². The van der Waals surface area contributed by atoms with Crippen LogP contribution in [0.5, 0.6) is 0 Å². The van der Waals surface area contributed by atoms with Crippen LogP contribution >= 0.6 is 0 Å². The highest BCUT2D eigenvalue weighted by atomic mass is 16.7. The molecule has 0 spiro atoms. The number of hydrogen-bond acceptors (Lipinski definition) is 7. The second-order valence-corrected chi connectivity index (χ2v) is 13.6. The Labute approximate surface area is 294 Å². The van der Waals surface area contributed by atoms with Crippen molar-refractivity contribution in [2.75, 3.05) is 19.6 Å². The molecule has 0 radical (unpaired) electrons. The Morgan fingerprint density at radius 1 is 0.800 bits per heavy atom. The summed E-state index contributed by atoms with van der Waals surface area (Å²) in [5.41, 5.74) is 7.85. The predicted octanol–water partition coefficient (Wildman–Crippen LogP) is 7.78. The molecule has 0 saturated carbocycles. The van der Waals surface area contributed by atoms with Gasteiger partial charge in [-0.05, 0) is 71.9 Å². The summed E-state index contributed by atoms with van der Waals surface area (Å²) in [6.07, 6.45) is 7.32. The summed E-state index contributed by atoms with van der Waals surface area (Å²) in [6, 6.07) is 32.3. The molecule has 258 valence electrons. The van der Waals surface area contributed by atoms with E-state index in [0.29, 0.717) is 17.8 Å². The van der Waals surface area contributed by atoms with Crippen molar-refractivity contribution < 1.29 is 19.4 Å². The quantitative estimate of drug-likeness (QED) is 0.165. The minimum absolute atomic E-state index is 0.0165. The molecule has 0 bridgehead atoms. The first kappa shape index (κ1) is 34.0. The molecular formula is C42H46N4O4. The van der Waals surface area contributed by atoms with E-state index in [9.17, 15) is 9.90 Å². The van der Waals surface area contributed by atoms with Gasteiger partial charge in [0.15, 0.2) is 6.29 Å². The summed E-state index contributed by atoms with van der Waals surface area (Å²) in [7, 11) is 0. The van der Waals surface area contributed by atoms with E-state index in [2.05, 4.69) is 75.6 Å². The lowest BCUT2D eigenvalue weighted by atomic mass is 9.89. The average Bonchev–Trinajstić information content (AvgIpc) is 3.15. The normalized spacial score (nSPS) is 21.7. The van der Waals surface area contributed by atoms with Crippen molar-refractivity contribution in [3.8, 4) is 11.1 Å². The number of hydrogen-bond donors (Lipinski definition) is 2. The van der Waals surface area contributed by atoms with E-state index >= 15 is 0 Å². The van der Waals surface area contributed by atoms with Crippen molar-refractivity contribution >= 4 is 16.9 Å². The van der Waals surface area contributed by atoms with Crippen LogP contribution in [-0.4, -0.2) is 51.6 Å². The molecule has 8 nitrogen and oxygen atoms in total. The Morgan fingerprint density at radius 3 is 2.28 bits per heavy atom. The van der Waals surface area contributed by atoms with Crippen molar-refractivity contribution in [3.63, 3.8) is 0 Å². The van der Waals surface area contributed by atoms with Crippen molar-refractivity contribution in [2.45, 2.75) is 70.7 Å². The molecule has 2 aliphatic rings. The van der Waals surface area contributed by atoms with E-state index in [0.717, 1.165) is 58.5 Å². The molecule has 1 amide bonds. The highest BCUT2D eigenvalue weighted by Crippen LogP contribution is 2.42. The second kappa shape index (κ2) is 16.0. The lowest BCUT2D eigenvalue weighted by molar-refractivity contribution is -0.276. The van der Waals surface area contributed by atoms with Crippen molar-refractivity contribution in [3.05, 3.63) is 131 Å².